The maximum absolute atomic E-state index is 13.2. The van der Waals surface area contributed by atoms with Gasteiger partial charge >= 0.3 is 6.03 Å². The Balaban J connectivity index is 1.61. The van der Waals surface area contributed by atoms with Gasteiger partial charge in [-0.2, -0.15) is 5.10 Å². The van der Waals surface area contributed by atoms with Crippen LogP contribution in [0.25, 0.3) is 5.65 Å². The summed E-state index contributed by atoms with van der Waals surface area (Å²) in [4.78, 5) is 21.5. The number of hydrogen-bond acceptors (Lipinski definition) is 4. The lowest BCUT2D eigenvalue weighted by Gasteiger charge is -2.24. The van der Waals surface area contributed by atoms with Gasteiger partial charge in [0, 0.05) is 25.4 Å². The highest BCUT2D eigenvalue weighted by Gasteiger charge is 2.40. The van der Waals surface area contributed by atoms with Crippen LogP contribution in [0.2, 0.25) is 0 Å². The Hall–Kier alpha value is -3.09. The Morgan fingerprint density at radius 3 is 2.67 bits per heavy atom. The molecule has 0 aliphatic carbocycles. The summed E-state index contributed by atoms with van der Waals surface area (Å²) in [6.07, 6.45) is 3.54. The highest BCUT2D eigenvalue weighted by molar-refractivity contribution is 5.94. The minimum absolute atomic E-state index is 0.0131. The van der Waals surface area contributed by atoms with E-state index in [1.54, 1.807) is 17.8 Å². The van der Waals surface area contributed by atoms with Gasteiger partial charge in [0.1, 0.15) is 11.6 Å². The number of amides is 2. The lowest BCUT2D eigenvalue weighted by atomic mass is 10.0. The van der Waals surface area contributed by atoms with Crippen LogP contribution in [0, 0.1) is 5.92 Å². The lowest BCUT2D eigenvalue weighted by molar-refractivity contribution is 0.218. The van der Waals surface area contributed by atoms with Gasteiger partial charge in [0.2, 0.25) is 0 Å². The predicted octanol–water partition coefficient (Wildman–Crippen LogP) is 3.20. The molecule has 1 aromatic carbocycles. The number of methoxy groups -OCH3 is 1. The molecule has 27 heavy (non-hydrogen) atoms. The number of nitrogens with zero attached hydrogens (tertiary/aromatic N) is 5. The number of ether oxygens (including phenoxy) is 1. The third-order valence-electron chi connectivity index (χ3n) is 5.01. The molecule has 2 aromatic heterocycles. The smallest absolute Gasteiger partial charge is 0.326 e. The van der Waals surface area contributed by atoms with Gasteiger partial charge in [-0.1, -0.05) is 26.0 Å². The average molecular weight is 365 g/mol. The quantitative estimate of drug-likeness (QED) is 0.696. The Morgan fingerprint density at radius 1 is 1.19 bits per heavy atom. The second-order valence-corrected chi connectivity index (χ2v) is 7.11. The molecule has 0 bridgehead atoms. The van der Waals surface area contributed by atoms with E-state index in [4.69, 9.17) is 4.74 Å². The largest absolute Gasteiger partial charge is 0.497 e. The zero-order chi connectivity index (χ0) is 19.0. The van der Waals surface area contributed by atoms with Crippen LogP contribution in [0.3, 0.4) is 0 Å². The van der Waals surface area contributed by atoms with Crippen LogP contribution in [-0.4, -0.2) is 45.2 Å². The van der Waals surface area contributed by atoms with E-state index in [1.807, 2.05) is 52.4 Å². The number of aromatic nitrogens is 3. The fourth-order valence-electron chi connectivity index (χ4n) is 3.48. The second-order valence-electron chi connectivity index (χ2n) is 7.11. The molecule has 7 nitrogen and oxygen atoms in total. The molecule has 140 valence electrons. The first-order valence-electron chi connectivity index (χ1n) is 9.08. The van der Waals surface area contributed by atoms with Gasteiger partial charge in [0.15, 0.2) is 5.65 Å². The number of carbonyl (C=O) groups excluding carboxylic acids is 1. The molecule has 0 unspecified atom stereocenters. The summed E-state index contributed by atoms with van der Waals surface area (Å²) in [5.41, 5.74) is 1.81. The van der Waals surface area contributed by atoms with Crippen LogP contribution in [0.4, 0.5) is 10.6 Å². The molecule has 2 amide bonds. The van der Waals surface area contributed by atoms with Crippen molar-refractivity contribution < 1.29 is 9.53 Å². The lowest BCUT2D eigenvalue weighted by Crippen LogP contribution is -2.38. The van der Waals surface area contributed by atoms with Gasteiger partial charge in [0.05, 0.1) is 19.3 Å². The highest BCUT2D eigenvalue weighted by atomic mass is 16.5. The first-order chi connectivity index (χ1) is 13.1. The number of urea groups is 1. The summed E-state index contributed by atoms with van der Waals surface area (Å²) < 4.78 is 6.91. The highest BCUT2D eigenvalue weighted by Crippen LogP contribution is 2.29. The molecule has 1 saturated heterocycles. The van der Waals surface area contributed by atoms with Crippen molar-refractivity contribution >= 4 is 17.5 Å². The zero-order valence-electron chi connectivity index (χ0n) is 15.7. The minimum Gasteiger partial charge on any atom is -0.497 e. The van der Waals surface area contributed by atoms with E-state index in [0.29, 0.717) is 24.8 Å². The minimum atomic E-state index is -0.0131. The van der Waals surface area contributed by atoms with E-state index in [2.05, 4.69) is 23.9 Å². The van der Waals surface area contributed by atoms with Crippen molar-refractivity contribution in [3.05, 3.63) is 54.4 Å². The van der Waals surface area contributed by atoms with Crippen molar-refractivity contribution in [1.29, 1.82) is 0 Å². The molecule has 1 aliphatic heterocycles. The third kappa shape index (κ3) is 3.20. The number of benzene rings is 1. The third-order valence-corrected chi connectivity index (χ3v) is 5.01. The molecule has 0 spiro atoms. The number of anilines is 1. The van der Waals surface area contributed by atoms with Gasteiger partial charge in [0.25, 0.3) is 0 Å². The Morgan fingerprint density at radius 2 is 1.96 bits per heavy atom. The van der Waals surface area contributed by atoms with Gasteiger partial charge < -0.3 is 9.64 Å². The van der Waals surface area contributed by atoms with Crippen LogP contribution in [0.5, 0.6) is 5.75 Å². The molecule has 0 N–H and O–H groups in total. The number of rotatable bonds is 5. The monoisotopic (exact) mass is 365 g/mol. The fourth-order valence-corrected chi connectivity index (χ4v) is 3.48. The number of carbonyl (C=O) groups is 1. The van der Waals surface area contributed by atoms with Crippen LogP contribution in [-0.2, 0) is 6.54 Å². The van der Waals surface area contributed by atoms with Gasteiger partial charge in [-0.05, 0) is 29.7 Å². The number of hydrogen-bond donors (Lipinski definition) is 0. The van der Waals surface area contributed by atoms with Crippen molar-refractivity contribution in [3.8, 4) is 5.75 Å². The number of fused-ring (bicyclic) bond motifs is 1. The van der Waals surface area contributed by atoms with Crippen LogP contribution in [0.1, 0.15) is 19.4 Å². The first-order valence-corrected chi connectivity index (χ1v) is 9.08. The summed E-state index contributed by atoms with van der Waals surface area (Å²) >= 11 is 0. The Kier molecular flexibility index (Phi) is 4.43. The second kappa shape index (κ2) is 6.90. The SMILES string of the molecule is COc1ccc(CN2C[C@H](C(C)C)N(c3ccn4nccc4n3)C2=O)cc1. The molecule has 7 heteroatoms. The fraction of sp³-hybridized carbons (Fsp3) is 0.350. The molecule has 1 atom stereocenters. The standard InChI is InChI=1S/C20H23N5O2/c1-14(2)17-13-23(12-15-4-6-16(27-3)7-5-15)20(26)25(17)19-9-11-24-18(22-19)8-10-21-24/h4-11,14,17H,12-13H2,1-3H3/t17-/m1/s1. The Bertz CT molecular complexity index is 950. The van der Waals surface area contributed by atoms with Gasteiger partial charge in [-0.25, -0.2) is 14.3 Å². The van der Waals surface area contributed by atoms with Crippen molar-refractivity contribution in [2.45, 2.75) is 26.4 Å². The van der Waals surface area contributed by atoms with Gasteiger partial charge in [-0.3, -0.25) is 4.90 Å². The average Bonchev–Trinajstić information content (AvgIpc) is 3.26. The summed E-state index contributed by atoms with van der Waals surface area (Å²) in [5, 5.41) is 4.17. The molecule has 1 aliphatic rings. The maximum Gasteiger partial charge on any atom is 0.326 e. The van der Waals surface area contributed by atoms with E-state index in [0.717, 1.165) is 17.0 Å². The van der Waals surface area contributed by atoms with E-state index >= 15 is 0 Å². The molecular weight excluding hydrogens is 342 g/mol. The molecule has 3 aromatic rings. The topological polar surface area (TPSA) is 63.0 Å². The predicted molar refractivity (Wildman–Crippen MR) is 103 cm³/mol. The molecule has 1 fully saturated rings. The van der Waals surface area contributed by atoms with Crippen LogP contribution >= 0.6 is 0 Å². The molecule has 3 heterocycles. The van der Waals surface area contributed by atoms with E-state index < -0.39 is 0 Å². The molecule has 0 saturated carbocycles. The molecule has 0 radical (unpaired) electrons. The van der Waals surface area contributed by atoms with Crippen molar-refractivity contribution in [2.24, 2.45) is 5.92 Å². The summed E-state index contributed by atoms with van der Waals surface area (Å²) in [6, 6.07) is 11.6. The molecular formula is C20H23N5O2. The summed E-state index contributed by atoms with van der Waals surface area (Å²) in [7, 11) is 1.65. The van der Waals surface area contributed by atoms with Gasteiger partial charge in [-0.15, -0.1) is 0 Å². The normalized spacial score (nSPS) is 17.3. The van der Waals surface area contributed by atoms with Crippen LogP contribution < -0.4 is 9.64 Å². The van der Waals surface area contributed by atoms with E-state index in [1.165, 1.54) is 0 Å². The van der Waals surface area contributed by atoms with Crippen molar-refractivity contribution in [1.82, 2.24) is 19.5 Å². The first kappa shape index (κ1) is 17.3. The van der Waals surface area contributed by atoms with Crippen molar-refractivity contribution in [3.63, 3.8) is 0 Å². The summed E-state index contributed by atoms with van der Waals surface area (Å²) in [5.74, 6) is 1.80. The Labute approximate surface area is 158 Å². The zero-order valence-corrected chi connectivity index (χ0v) is 15.7. The maximum atomic E-state index is 13.2. The van der Waals surface area contributed by atoms with Crippen molar-refractivity contribution in [2.75, 3.05) is 18.6 Å². The molecule has 4 rings (SSSR count). The summed E-state index contributed by atoms with van der Waals surface area (Å²) in [6.45, 7) is 5.52. The van der Waals surface area contributed by atoms with E-state index in [-0.39, 0.29) is 12.1 Å². The van der Waals surface area contributed by atoms with Crippen LogP contribution in [0.15, 0.2) is 48.8 Å². The van der Waals surface area contributed by atoms with E-state index in [9.17, 15) is 4.79 Å².